The number of nitrogens with one attached hydrogen (secondary N) is 2. The molecule has 0 saturated carbocycles. The average Bonchev–Trinajstić information content (AvgIpc) is 2.54. The van der Waals surface area contributed by atoms with Crippen molar-refractivity contribution in [1.82, 2.24) is 5.43 Å². The Balaban J connectivity index is 1.87. The van der Waals surface area contributed by atoms with E-state index in [-0.39, 0.29) is 12.5 Å². The van der Waals surface area contributed by atoms with Crippen molar-refractivity contribution >= 4 is 23.5 Å². The summed E-state index contributed by atoms with van der Waals surface area (Å²) in [6, 6.07) is 11.3. The van der Waals surface area contributed by atoms with Crippen LogP contribution in [0.15, 0.2) is 47.6 Å². The minimum absolute atomic E-state index is 0.0493. The summed E-state index contributed by atoms with van der Waals surface area (Å²) >= 11 is 0. The first-order chi connectivity index (χ1) is 11.5. The molecule has 24 heavy (non-hydrogen) atoms. The summed E-state index contributed by atoms with van der Waals surface area (Å²) < 4.78 is 0. The number of nitro groups is 1. The number of phenols is 1. The van der Waals surface area contributed by atoms with Crippen molar-refractivity contribution in [2.24, 2.45) is 5.10 Å². The first-order valence-corrected chi connectivity index (χ1v) is 7.06. The Morgan fingerprint density at radius 1 is 1.33 bits per heavy atom. The van der Waals surface area contributed by atoms with Crippen molar-refractivity contribution < 1.29 is 14.8 Å². The smallest absolute Gasteiger partial charge is 0.310 e. The van der Waals surface area contributed by atoms with E-state index in [2.05, 4.69) is 15.8 Å². The lowest BCUT2D eigenvalue weighted by Crippen LogP contribution is -2.26. The van der Waals surface area contributed by atoms with Gasteiger partial charge in [0.15, 0.2) is 5.75 Å². The van der Waals surface area contributed by atoms with E-state index < -0.39 is 16.4 Å². The van der Waals surface area contributed by atoms with E-state index in [1.54, 1.807) is 0 Å². The van der Waals surface area contributed by atoms with E-state index in [1.807, 2.05) is 31.2 Å². The van der Waals surface area contributed by atoms with E-state index in [0.29, 0.717) is 5.56 Å². The molecule has 0 bridgehead atoms. The standard InChI is InChI=1S/C16H16N4O4/c1-11-4-2-3-5-13(11)17-10-16(22)19-18-9-12-6-7-14(20(23)24)15(21)8-12/h2-9,17,21H,10H2,1H3,(H,19,22). The fourth-order valence-electron chi connectivity index (χ4n) is 1.94. The third kappa shape index (κ3) is 4.54. The topological polar surface area (TPSA) is 117 Å². The zero-order valence-electron chi connectivity index (χ0n) is 12.9. The summed E-state index contributed by atoms with van der Waals surface area (Å²) in [5, 5.41) is 26.8. The highest BCUT2D eigenvalue weighted by Gasteiger charge is 2.12. The molecule has 0 heterocycles. The molecule has 0 aliphatic carbocycles. The maximum atomic E-state index is 11.7. The second-order valence-corrected chi connectivity index (χ2v) is 4.97. The molecule has 8 heteroatoms. The largest absolute Gasteiger partial charge is 0.502 e. The first-order valence-electron chi connectivity index (χ1n) is 7.06. The Bertz CT molecular complexity index is 789. The SMILES string of the molecule is Cc1ccccc1NCC(=O)NN=Cc1ccc([N+](=O)[O-])c(O)c1. The van der Waals surface area contributed by atoms with Gasteiger partial charge in [-0.25, -0.2) is 5.43 Å². The molecule has 0 aromatic heterocycles. The van der Waals surface area contributed by atoms with E-state index in [9.17, 15) is 20.0 Å². The van der Waals surface area contributed by atoms with Gasteiger partial charge in [0.2, 0.25) is 0 Å². The molecule has 3 N–H and O–H groups in total. The van der Waals surface area contributed by atoms with Gasteiger partial charge in [0.25, 0.3) is 5.91 Å². The van der Waals surface area contributed by atoms with Crippen molar-refractivity contribution in [2.75, 3.05) is 11.9 Å². The molecule has 0 radical (unpaired) electrons. The normalized spacial score (nSPS) is 10.5. The first kappa shape index (κ1) is 16.9. The molecule has 2 aromatic carbocycles. The van der Waals surface area contributed by atoms with E-state index in [0.717, 1.165) is 17.3 Å². The minimum Gasteiger partial charge on any atom is -0.502 e. The summed E-state index contributed by atoms with van der Waals surface area (Å²) in [5.74, 6) is -0.808. The number of para-hydroxylation sites is 1. The maximum Gasteiger partial charge on any atom is 0.310 e. The number of benzene rings is 2. The lowest BCUT2D eigenvalue weighted by atomic mass is 10.2. The molecule has 0 fully saturated rings. The molecule has 0 aliphatic rings. The number of anilines is 1. The van der Waals surface area contributed by atoms with E-state index >= 15 is 0 Å². The molecule has 1 amide bonds. The van der Waals surface area contributed by atoms with E-state index in [4.69, 9.17) is 0 Å². The van der Waals surface area contributed by atoms with Crippen molar-refractivity contribution in [1.29, 1.82) is 0 Å². The van der Waals surface area contributed by atoms with Crippen LogP contribution >= 0.6 is 0 Å². The van der Waals surface area contributed by atoms with Gasteiger partial charge in [0.1, 0.15) is 0 Å². The van der Waals surface area contributed by atoms with Crippen molar-refractivity contribution in [2.45, 2.75) is 6.92 Å². The Morgan fingerprint density at radius 2 is 2.08 bits per heavy atom. The highest BCUT2D eigenvalue weighted by Crippen LogP contribution is 2.25. The van der Waals surface area contributed by atoms with Crippen LogP contribution in [0.2, 0.25) is 0 Å². The Labute approximate surface area is 138 Å². The number of nitrogens with zero attached hydrogens (tertiary/aromatic N) is 2. The predicted octanol–water partition coefficient (Wildman–Crippen LogP) is 2.17. The Kier molecular flexibility index (Phi) is 5.45. The van der Waals surface area contributed by atoms with Crippen molar-refractivity contribution in [3.05, 3.63) is 63.7 Å². The Hall–Kier alpha value is -3.42. The number of nitro benzene ring substituents is 1. The number of carbonyl (C=O) groups is 1. The van der Waals surface area contributed by atoms with Crippen LogP contribution in [0.4, 0.5) is 11.4 Å². The average molecular weight is 328 g/mol. The number of hydrazone groups is 1. The van der Waals surface area contributed by atoms with Gasteiger partial charge >= 0.3 is 5.69 Å². The number of aryl methyl sites for hydroxylation is 1. The lowest BCUT2D eigenvalue weighted by molar-refractivity contribution is -0.385. The monoisotopic (exact) mass is 328 g/mol. The van der Waals surface area contributed by atoms with Crippen LogP contribution < -0.4 is 10.7 Å². The lowest BCUT2D eigenvalue weighted by Gasteiger charge is -2.07. The fourth-order valence-corrected chi connectivity index (χ4v) is 1.94. The number of hydrogen-bond acceptors (Lipinski definition) is 6. The highest BCUT2D eigenvalue weighted by atomic mass is 16.6. The van der Waals surface area contributed by atoms with Gasteiger partial charge in [-0.3, -0.25) is 14.9 Å². The van der Waals surface area contributed by atoms with Crippen LogP contribution in [0.3, 0.4) is 0 Å². The third-order valence-corrected chi connectivity index (χ3v) is 3.18. The molecular formula is C16H16N4O4. The second kappa shape index (κ2) is 7.73. The van der Waals surface area contributed by atoms with Crippen molar-refractivity contribution in [3.8, 4) is 5.75 Å². The molecule has 0 aliphatic heterocycles. The third-order valence-electron chi connectivity index (χ3n) is 3.18. The number of carbonyl (C=O) groups excluding carboxylic acids is 1. The summed E-state index contributed by atoms with van der Waals surface area (Å²) in [6.45, 7) is 1.98. The molecule has 0 atom stereocenters. The van der Waals surface area contributed by atoms with Gasteiger partial charge in [0.05, 0.1) is 17.7 Å². The molecule has 0 spiro atoms. The summed E-state index contributed by atoms with van der Waals surface area (Å²) in [5.41, 5.74) is 4.24. The number of amides is 1. The van der Waals surface area contributed by atoms with Crippen LogP contribution in [0, 0.1) is 17.0 Å². The number of hydrogen-bond donors (Lipinski definition) is 3. The molecule has 2 aromatic rings. The zero-order valence-corrected chi connectivity index (χ0v) is 12.9. The van der Waals surface area contributed by atoms with Gasteiger partial charge < -0.3 is 10.4 Å². The van der Waals surface area contributed by atoms with Gasteiger partial charge in [-0.05, 0) is 36.2 Å². The molecule has 2 rings (SSSR count). The molecular weight excluding hydrogens is 312 g/mol. The van der Waals surface area contributed by atoms with Gasteiger partial charge in [-0.1, -0.05) is 18.2 Å². The fraction of sp³-hybridized carbons (Fsp3) is 0.125. The van der Waals surface area contributed by atoms with Gasteiger partial charge in [-0.2, -0.15) is 5.10 Å². The molecule has 0 unspecified atom stereocenters. The molecule has 124 valence electrons. The predicted molar refractivity (Wildman–Crippen MR) is 90.2 cm³/mol. The van der Waals surface area contributed by atoms with Crippen LogP contribution in [-0.2, 0) is 4.79 Å². The quantitative estimate of drug-likeness (QED) is 0.427. The number of aromatic hydroxyl groups is 1. The van der Waals surface area contributed by atoms with E-state index in [1.165, 1.54) is 18.3 Å². The number of rotatable bonds is 6. The Morgan fingerprint density at radius 3 is 2.75 bits per heavy atom. The van der Waals surface area contributed by atoms with Gasteiger partial charge in [-0.15, -0.1) is 0 Å². The van der Waals surface area contributed by atoms with Crippen LogP contribution in [0.1, 0.15) is 11.1 Å². The van der Waals surface area contributed by atoms with Crippen molar-refractivity contribution in [3.63, 3.8) is 0 Å². The number of phenolic OH excluding ortho intramolecular Hbond substituents is 1. The van der Waals surface area contributed by atoms with Crippen LogP contribution in [0.5, 0.6) is 5.75 Å². The van der Waals surface area contributed by atoms with Gasteiger partial charge in [0, 0.05) is 11.8 Å². The summed E-state index contributed by atoms with van der Waals surface area (Å²) in [7, 11) is 0. The summed E-state index contributed by atoms with van der Waals surface area (Å²) in [6.07, 6.45) is 1.29. The molecule has 0 saturated heterocycles. The highest BCUT2D eigenvalue weighted by molar-refractivity contribution is 5.85. The molecule has 8 nitrogen and oxygen atoms in total. The van der Waals surface area contributed by atoms with Crippen LogP contribution in [0.25, 0.3) is 0 Å². The summed E-state index contributed by atoms with van der Waals surface area (Å²) in [4.78, 5) is 21.6. The van der Waals surface area contributed by atoms with Crippen LogP contribution in [-0.4, -0.2) is 28.7 Å². The second-order valence-electron chi connectivity index (χ2n) is 4.97. The zero-order chi connectivity index (χ0) is 17.5. The maximum absolute atomic E-state index is 11.7. The minimum atomic E-state index is -0.685.